The SMILES string of the molecule is COc1cccc(CNC(=S)NC2CCC(Nc3nc(N(C)C)c4ccccc4n3)CC2)c1OC. The molecule has 0 aliphatic heterocycles. The predicted molar refractivity (Wildman–Crippen MR) is 146 cm³/mol. The van der Waals surface area contributed by atoms with Crippen LogP contribution in [0.5, 0.6) is 11.5 Å². The topological polar surface area (TPSA) is 83.6 Å². The van der Waals surface area contributed by atoms with E-state index >= 15 is 0 Å². The standard InChI is InChI=1S/C26H34N6O2S/c1-32(2)24-20-9-5-6-10-21(20)30-25(31-24)28-18-12-14-19(15-13-18)29-26(35)27-16-17-8-7-11-22(33-3)23(17)34-4/h5-11,18-19H,12-16H2,1-4H3,(H2,27,29,35)(H,28,30,31). The van der Waals surface area contributed by atoms with Gasteiger partial charge in [0.15, 0.2) is 16.6 Å². The van der Waals surface area contributed by atoms with Crippen molar-refractivity contribution in [3.63, 3.8) is 0 Å². The second kappa shape index (κ2) is 11.4. The molecule has 1 aliphatic carbocycles. The van der Waals surface area contributed by atoms with Crippen molar-refractivity contribution in [2.24, 2.45) is 0 Å². The molecule has 3 aromatic rings. The van der Waals surface area contributed by atoms with E-state index < -0.39 is 0 Å². The van der Waals surface area contributed by atoms with Crippen molar-refractivity contribution in [2.45, 2.75) is 44.3 Å². The number of ether oxygens (including phenoxy) is 2. The Kier molecular flexibility index (Phi) is 8.07. The Bertz CT molecular complexity index is 1160. The maximum absolute atomic E-state index is 5.56. The van der Waals surface area contributed by atoms with Gasteiger partial charge in [-0.3, -0.25) is 0 Å². The highest BCUT2D eigenvalue weighted by Crippen LogP contribution is 2.30. The van der Waals surface area contributed by atoms with Crippen molar-refractivity contribution >= 4 is 40.0 Å². The first-order valence-electron chi connectivity index (χ1n) is 11.9. The smallest absolute Gasteiger partial charge is 0.225 e. The number of anilines is 2. The zero-order valence-corrected chi connectivity index (χ0v) is 21.6. The third-order valence-corrected chi connectivity index (χ3v) is 6.59. The molecule has 1 saturated carbocycles. The van der Waals surface area contributed by atoms with Crippen molar-refractivity contribution in [3.05, 3.63) is 48.0 Å². The highest BCUT2D eigenvalue weighted by molar-refractivity contribution is 7.80. The minimum atomic E-state index is 0.340. The maximum atomic E-state index is 5.56. The molecule has 0 bridgehead atoms. The van der Waals surface area contributed by atoms with Gasteiger partial charge in [-0.25, -0.2) is 4.98 Å². The van der Waals surface area contributed by atoms with E-state index in [1.54, 1.807) is 14.2 Å². The van der Waals surface area contributed by atoms with Gasteiger partial charge in [0.25, 0.3) is 0 Å². The van der Waals surface area contributed by atoms with Crippen LogP contribution < -0.4 is 30.3 Å². The second-order valence-electron chi connectivity index (χ2n) is 8.95. The lowest BCUT2D eigenvalue weighted by Gasteiger charge is -2.30. The van der Waals surface area contributed by atoms with Crippen molar-refractivity contribution in [3.8, 4) is 11.5 Å². The fraction of sp³-hybridized carbons (Fsp3) is 0.423. The normalized spacial score (nSPS) is 17.5. The number of thiocarbonyl (C=S) groups is 1. The summed E-state index contributed by atoms with van der Waals surface area (Å²) in [5, 5.41) is 12.0. The van der Waals surface area contributed by atoms with Crippen molar-refractivity contribution < 1.29 is 9.47 Å². The van der Waals surface area contributed by atoms with Crippen LogP contribution in [-0.2, 0) is 6.54 Å². The number of nitrogens with one attached hydrogen (secondary N) is 3. The van der Waals surface area contributed by atoms with Gasteiger partial charge in [-0.1, -0.05) is 24.3 Å². The van der Waals surface area contributed by atoms with E-state index in [4.69, 9.17) is 31.7 Å². The summed E-state index contributed by atoms with van der Waals surface area (Å²) in [6.07, 6.45) is 4.10. The summed E-state index contributed by atoms with van der Waals surface area (Å²) in [6, 6.07) is 14.6. The van der Waals surface area contributed by atoms with Crippen LogP contribution >= 0.6 is 12.2 Å². The first kappa shape index (κ1) is 24.8. The number of aromatic nitrogens is 2. The molecule has 35 heavy (non-hydrogen) atoms. The van der Waals surface area contributed by atoms with Crippen LogP contribution in [-0.4, -0.2) is 55.5 Å². The van der Waals surface area contributed by atoms with Gasteiger partial charge >= 0.3 is 0 Å². The molecule has 3 N–H and O–H groups in total. The number of methoxy groups -OCH3 is 2. The summed E-state index contributed by atoms with van der Waals surface area (Å²) >= 11 is 5.56. The number of fused-ring (bicyclic) bond motifs is 1. The van der Waals surface area contributed by atoms with E-state index in [1.165, 1.54) is 0 Å². The number of hydrogen-bond acceptors (Lipinski definition) is 7. The van der Waals surface area contributed by atoms with Gasteiger partial charge in [0, 0.05) is 43.7 Å². The molecular weight excluding hydrogens is 460 g/mol. The van der Waals surface area contributed by atoms with Gasteiger partial charge < -0.3 is 30.3 Å². The average molecular weight is 495 g/mol. The van der Waals surface area contributed by atoms with Crippen molar-refractivity contribution in [1.29, 1.82) is 0 Å². The first-order valence-corrected chi connectivity index (χ1v) is 12.3. The Morgan fingerprint density at radius 1 is 0.971 bits per heavy atom. The van der Waals surface area contributed by atoms with Gasteiger partial charge in [-0.15, -0.1) is 0 Å². The van der Waals surface area contributed by atoms with E-state index in [9.17, 15) is 0 Å². The van der Waals surface area contributed by atoms with Crippen LogP contribution in [0.15, 0.2) is 42.5 Å². The lowest BCUT2D eigenvalue weighted by atomic mass is 9.91. The summed E-state index contributed by atoms with van der Waals surface area (Å²) in [4.78, 5) is 11.6. The summed E-state index contributed by atoms with van der Waals surface area (Å²) in [5.41, 5.74) is 1.95. The van der Waals surface area contributed by atoms with Gasteiger partial charge in [0.2, 0.25) is 5.95 Å². The summed E-state index contributed by atoms with van der Waals surface area (Å²) in [6.45, 7) is 0.566. The van der Waals surface area contributed by atoms with Crippen molar-refractivity contribution in [1.82, 2.24) is 20.6 Å². The molecule has 1 aliphatic rings. The Labute approximate surface area is 212 Å². The van der Waals surface area contributed by atoms with E-state index in [2.05, 4.69) is 22.0 Å². The fourth-order valence-corrected chi connectivity index (χ4v) is 4.77. The average Bonchev–Trinajstić information content (AvgIpc) is 2.87. The van der Waals surface area contributed by atoms with Gasteiger partial charge in [-0.05, 0) is 56.1 Å². The molecule has 9 heteroatoms. The molecule has 1 heterocycles. The molecule has 1 aromatic heterocycles. The summed E-state index contributed by atoms with van der Waals surface area (Å²) < 4.78 is 10.9. The van der Waals surface area contributed by atoms with E-state index in [0.717, 1.165) is 53.7 Å². The molecule has 186 valence electrons. The highest BCUT2D eigenvalue weighted by atomic mass is 32.1. The monoisotopic (exact) mass is 494 g/mol. The third kappa shape index (κ3) is 6.03. The number of hydrogen-bond donors (Lipinski definition) is 3. The Morgan fingerprint density at radius 2 is 1.71 bits per heavy atom. The van der Waals surface area contributed by atoms with E-state index in [0.29, 0.717) is 35.4 Å². The largest absolute Gasteiger partial charge is 0.493 e. The predicted octanol–water partition coefficient (Wildman–Crippen LogP) is 4.10. The molecule has 0 unspecified atom stereocenters. The zero-order valence-electron chi connectivity index (χ0n) is 20.8. The first-order chi connectivity index (χ1) is 17.0. The summed E-state index contributed by atoms with van der Waals surface area (Å²) in [7, 11) is 7.31. The molecular formula is C26H34N6O2S. The molecule has 8 nitrogen and oxygen atoms in total. The molecule has 2 aromatic carbocycles. The molecule has 1 fully saturated rings. The lowest BCUT2D eigenvalue weighted by molar-refractivity contribution is 0.351. The number of rotatable bonds is 8. The minimum Gasteiger partial charge on any atom is -0.493 e. The molecule has 0 radical (unpaired) electrons. The Hall–Kier alpha value is -3.33. The maximum Gasteiger partial charge on any atom is 0.225 e. The zero-order chi connectivity index (χ0) is 24.8. The Morgan fingerprint density at radius 3 is 2.43 bits per heavy atom. The molecule has 4 rings (SSSR count). The number of para-hydroxylation sites is 2. The molecule has 0 atom stereocenters. The third-order valence-electron chi connectivity index (χ3n) is 6.33. The van der Waals surface area contributed by atoms with E-state index in [1.807, 2.05) is 55.4 Å². The second-order valence-corrected chi connectivity index (χ2v) is 9.36. The molecule has 0 saturated heterocycles. The van der Waals surface area contributed by atoms with Gasteiger partial charge in [-0.2, -0.15) is 4.98 Å². The minimum absolute atomic E-state index is 0.340. The van der Waals surface area contributed by atoms with Gasteiger partial charge in [0.1, 0.15) is 5.82 Å². The van der Waals surface area contributed by atoms with Crippen LogP contribution in [0, 0.1) is 0 Å². The van der Waals surface area contributed by atoms with Crippen molar-refractivity contribution in [2.75, 3.05) is 38.5 Å². The molecule has 0 amide bonds. The van der Waals surface area contributed by atoms with Crippen LogP contribution in [0.3, 0.4) is 0 Å². The molecule has 0 spiro atoms. The lowest BCUT2D eigenvalue weighted by Crippen LogP contribution is -2.44. The van der Waals surface area contributed by atoms with Crippen LogP contribution in [0.2, 0.25) is 0 Å². The van der Waals surface area contributed by atoms with Crippen LogP contribution in [0.1, 0.15) is 31.2 Å². The quantitative estimate of drug-likeness (QED) is 0.401. The number of nitrogens with zero attached hydrogens (tertiary/aromatic N) is 3. The van der Waals surface area contributed by atoms with E-state index in [-0.39, 0.29) is 0 Å². The summed E-state index contributed by atoms with van der Waals surface area (Å²) in [5.74, 6) is 3.06. The number of benzene rings is 2. The van der Waals surface area contributed by atoms with Crippen LogP contribution in [0.25, 0.3) is 10.9 Å². The van der Waals surface area contributed by atoms with Crippen LogP contribution in [0.4, 0.5) is 11.8 Å². The Balaban J connectivity index is 1.28. The van der Waals surface area contributed by atoms with Gasteiger partial charge in [0.05, 0.1) is 19.7 Å². The highest BCUT2D eigenvalue weighted by Gasteiger charge is 2.23. The fourth-order valence-electron chi connectivity index (χ4n) is 4.53.